The third kappa shape index (κ3) is 1.70. The van der Waals surface area contributed by atoms with Gasteiger partial charge < -0.3 is 4.57 Å². The van der Waals surface area contributed by atoms with Gasteiger partial charge in [0.05, 0.1) is 10.9 Å². The highest BCUT2D eigenvalue weighted by Gasteiger charge is 2.04. The van der Waals surface area contributed by atoms with E-state index in [2.05, 4.69) is 4.98 Å². The van der Waals surface area contributed by atoms with E-state index >= 15 is 0 Å². The average molecular weight is 236 g/mol. The van der Waals surface area contributed by atoms with E-state index in [1.54, 1.807) is 18.5 Å². The lowest BCUT2D eigenvalue weighted by molar-refractivity contribution is 1.08. The Labute approximate surface area is 104 Å². The minimum Gasteiger partial charge on any atom is -0.316 e. The summed E-state index contributed by atoms with van der Waals surface area (Å²) in [6, 6.07) is 13.5. The highest BCUT2D eigenvalue weighted by Crippen LogP contribution is 2.15. The number of hydrogen-bond donors (Lipinski definition) is 0. The quantitative estimate of drug-likeness (QED) is 0.651. The molecular weight excluding hydrogens is 224 g/mol. The zero-order valence-corrected chi connectivity index (χ0v) is 10.00. The Morgan fingerprint density at radius 3 is 2.67 bits per heavy atom. The fourth-order valence-electron chi connectivity index (χ4n) is 2.06. The van der Waals surface area contributed by atoms with Crippen LogP contribution in [0.4, 0.5) is 0 Å². The molecule has 0 bridgehead atoms. The number of rotatable bonds is 1. The van der Waals surface area contributed by atoms with E-state index in [-0.39, 0.29) is 5.43 Å². The first-order valence-electron chi connectivity index (χ1n) is 5.79. The first-order valence-corrected chi connectivity index (χ1v) is 5.79. The molecule has 88 valence electrons. The number of fused-ring (bicyclic) bond motifs is 1. The Hall–Kier alpha value is -2.42. The second-order valence-electron chi connectivity index (χ2n) is 4.23. The highest BCUT2D eigenvalue weighted by molar-refractivity contribution is 5.79. The zero-order valence-electron chi connectivity index (χ0n) is 10.00. The molecule has 0 atom stereocenters. The van der Waals surface area contributed by atoms with Gasteiger partial charge in [-0.25, -0.2) is 0 Å². The van der Waals surface area contributed by atoms with Crippen LogP contribution in [-0.4, -0.2) is 9.55 Å². The Kier molecular flexibility index (Phi) is 2.45. The van der Waals surface area contributed by atoms with Crippen molar-refractivity contribution in [2.75, 3.05) is 0 Å². The van der Waals surface area contributed by atoms with Crippen LogP contribution in [0.1, 0.15) is 5.69 Å². The molecule has 0 fully saturated rings. The van der Waals surface area contributed by atoms with Gasteiger partial charge in [-0.2, -0.15) is 0 Å². The highest BCUT2D eigenvalue weighted by atomic mass is 16.1. The number of para-hydroxylation sites is 1. The van der Waals surface area contributed by atoms with Crippen molar-refractivity contribution < 1.29 is 0 Å². The van der Waals surface area contributed by atoms with Crippen LogP contribution in [0.3, 0.4) is 0 Å². The van der Waals surface area contributed by atoms with Gasteiger partial charge in [0.2, 0.25) is 0 Å². The second-order valence-corrected chi connectivity index (χ2v) is 4.23. The van der Waals surface area contributed by atoms with Gasteiger partial charge in [-0.3, -0.25) is 9.78 Å². The summed E-state index contributed by atoms with van der Waals surface area (Å²) >= 11 is 0. The molecule has 1 aromatic carbocycles. The van der Waals surface area contributed by atoms with Crippen LogP contribution < -0.4 is 5.43 Å². The third-order valence-corrected chi connectivity index (χ3v) is 2.95. The minimum absolute atomic E-state index is 0.00433. The third-order valence-electron chi connectivity index (χ3n) is 2.95. The van der Waals surface area contributed by atoms with E-state index in [0.29, 0.717) is 5.39 Å². The molecular formula is C15H12N2O. The van der Waals surface area contributed by atoms with E-state index in [4.69, 9.17) is 0 Å². The lowest BCUT2D eigenvalue weighted by atomic mass is 10.2. The summed E-state index contributed by atoms with van der Waals surface area (Å²) in [5.74, 6) is 0. The van der Waals surface area contributed by atoms with Crippen LogP contribution in [0.2, 0.25) is 0 Å². The number of aryl methyl sites for hydroxylation is 1. The van der Waals surface area contributed by atoms with Crippen LogP contribution in [0.25, 0.3) is 16.6 Å². The van der Waals surface area contributed by atoms with Crippen LogP contribution in [0.5, 0.6) is 0 Å². The van der Waals surface area contributed by atoms with E-state index in [1.165, 1.54) is 0 Å². The predicted octanol–water partition coefficient (Wildman–Crippen LogP) is 2.69. The van der Waals surface area contributed by atoms with Crippen LogP contribution >= 0.6 is 0 Å². The van der Waals surface area contributed by atoms with E-state index < -0.39 is 0 Å². The maximum atomic E-state index is 11.8. The average Bonchev–Trinajstić information content (AvgIpc) is 2.40. The molecule has 0 N–H and O–H groups in total. The van der Waals surface area contributed by atoms with Crippen molar-refractivity contribution in [2.45, 2.75) is 6.92 Å². The first kappa shape index (κ1) is 10.7. The molecule has 18 heavy (non-hydrogen) atoms. The number of pyridine rings is 2. The van der Waals surface area contributed by atoms with Gasteiger partial charge >= 0.3 is 0 Å². The van der Waals surface area contributed by atoms with Gasteiger partial charge in [-0.1, -0.05) is 18.2 Å². The fraction of sp³-hybridized carbons (Fsp3) is 0.0667. The second kappa shape index (κ2) is 4.11. The topological polar surface area (TPSA) is 34.9 Å². The Balaban J connectivity index is 2.41. The molecule has 0 amide bonds. The van der Waals surface area contributed by atoms with Gasteiger partial charge in [-0.15, -0.1) is 0 Å². The van der Waals surface area contributed by atoms with Crippen molar-refractivity contribution in [3.63, 3.8) is 0 Å². The van der Waals surface area contributed by atoms with Crippen LogP contribution in [0.15, 0.2) is 59.7 Å². The van der Waals surface area contributed by atoms with Gasteiger partial charge in [-0.05, 0) is 25.1 Å². The number of benzene rings is 1. The standard InChI is InChI=1S/C15H12N2O/c1-11-9-14-13(10-16-11)15(18)7-8-17(14)12-5-3-2-4-6-12/h2-10H,1H3. The maximum absolute atomic E-state index is 11.8. The molecule has 0 unspecified atom stereocenters. The number of hydrogen-bond acceptors (Lipinski definition) is 2. The molecule has 3 nitrogen and oxygen atoms in total. The largest absolute Gasteiger partial charge is 0.316 e. The first-order chi connectivity index (χ1) is 8.75. The lowest BCUT2D eigenvalue weighted by Crippen LogP contribution is -2.07. The SMILES string of the molecule is Cc1cc2c(cn1)c(=O)ccn2-c1ccccc1. The maximum Gasteiger partial charge on any atom is 0.190 e. The van der Waals surface area contributed by atoms with Gasteiger partial charge in [0.25, 0.3) is 0 Å². The van der Waals surface area contributed by atoms with Crippen molar-refractivity contribution in [1.82, 2.24) is 9.55 Å². The molecule has 0 aliphatic heterocycles. The van der Waals surface area contributed by atoms with Gasteiger partial charge in [0.1, 0.15) is 0 Å². The molecule has 0 saturated heterocycles. The summed E-state index contributed by atoms with van der Waals surface area (Å²) in [4.78, 5) is 16.0. The number of nitrogens with zero attached hydrogens (tertiary/aromatic N) is 2. The Morgan fingerprint density at radius 2 is 1.89 bits per heavy atom. The van der Waals surface area contributed by atoms with Crippen molar-refractivity contribution >= 4 is 10.9 Å². The summed E-state index contributed by atoms with van der Waals surface area (Å²) < 4.78 is 2.01. The molecule has 0 aliphatic carbocycles. The lowest BCUT2D eigenvalue weighted by Gasteiger charge is -2.10. The molecule has 3 heteroatoms. The zero-order chi connectivity index (χ0) is 12.5. The molecule has 2 heterocycles. The minimum atomic E-state index is 0.00433. The summed E-state index contributed by atoms with van der Waals surface area (Å²) in [6.07, 6.45) is 3.45. The predicted molar refractivity (Wildman–Crippen MR) is 72.1 cm³/mol. The van der Waals surface area contributed by atoms with Crippen LogP contribution in [0, 0.1) is 6.92 Å². The Morgan fingerprint density at radius 1 is 1.11 bits per heavy atom. The van der Waals surface area contributed by atoms with Crippen molar-refractivity contribution in [1.29, 1.82) is 0 Å². The van der Waals surface area contributed by atoms with Crippen molar-refractivity contribution in [3.05, 3.63) is 70.8 Å². The molecule has 3 aromatic rings. The van der Waals surface area contributed by atoms with Crippen molar-refractivity contribution in [3.8, 4) is 5.69 Å². The van der Waals surface area contributed by atoms with E-state index in [0.717, 1.165) is 16.9 Å². The molecule has 3 rings (SSSR count). The summed E-state index contributed by atoms with van der Waals surface area (Å²) in [5.41, 5.74) is 2.83. The van der Waals surface area contributed by atoms with Gasteiger partial charge in [0, 0.05) is 29.8 Å². The molecule has 0 saturated carbocycles. The van der Waals surface area contributed by atoms with Gasteiger partial charge in [0.15, 0.2) is 5.43 Å². The molecule has 2 aromatic heterocycles. The molecule has 0 aliphatic rings. The molecule has 0 radical (unpaired) electrons. The summed E-state index contributed by atoms with van der Waals surface area (Å²) in [6.45, 7) is 1.92. The van der Waals surface area contributed by atoms with Crippen LogP contribution in [-0.2, 0) is 0 Å². The normalized spacial score (nSPS) is 10.7. The van der Waals surface area contributed by atoms with Crippen molar-refractivity contribution in [2.24, 2.45) is 0 Å². The monoisotopic (exact) mass is 236 g/mol. The molecule has 0 spiro atoms. The fourth-order valence-corrected chi connectivity index (χ4v) is 2.06. The Bertz CT molecular complexity index is 760. The van der Waals surface area contributed by atoms with E-state index in [1.807, 2.05) is 47.9 Å². The summed E-state index contributed by atoms with van der Waals surface area (Å²) in [5, 5.41) is 0.645. The summed E-state index contributed by atoms with van der Waals surface area (Å²) in [7, 11) is 0. The number of aromatic nitrogens is 2. The smallest absolute Gasteiger partial charge is 0.190 e. The van der Waals surface area contributed by atoms with E-state index in [9.17, 15) is 4.79 Å².